The van der Waals surface area contributed by atoms with Gasteiger partial charge in [0.1, 0.15) is 5.82 Å². The molecule has 1 aromatic heterocycles. The second-order valence-corrected chi connectivity index (χ2v) is 5.88. The molecular weight excluding hydrogens is 385 g/mol. The Morgan fingerprint density at radius 3 is 2.48 bits per heavy atom. The number of nitrogens with zero attached hydrogens (tertiary/aromatic N) is 2. The molecule has 0 atom stereocenters. The van der Waals surface area contributed by atoms with Gasteiger partial charge in [0.15, 0.2) is 11.6 Å². The van der Waals surface area contributed by atoms with Crippen LogP contribution in [0, 0.1) is 15.2 Å². The molecule has 0 aliphatic heterocycles. The molecule has 5 heteroatoms. The van der Waals surface area contributed by atoms with E-state index in [1.165, 1.54) is 6.07 Å². The zero-order valence-electron chi connectivity index (χ0n) is 10.9. The molecule has 2 nitrogen and oxygen atoms in total. The molecule has 0 radical (unpaired) electrons. The summed E-state index contributed by atoms with van der Waals surface area (Å²) in [5.74, 6) is -0.859. The molecule has 0 saturated heterocycles. The Labute approximate surface area is 134 Å². The summed E-state index contributed by atoms with van der Waals surface area (Å²) in [6, 6.07) is 11.9. The van der Waals surface area contributed by atoms with Gasteiger partial charge in [-0.05, 0) is 52.4 Å². The van der Waals surface area contributed by atoms with Crippen LogP contribution in [0.15, 0.2) is 54.9 Å². The first-order chi connectivity index (χ1) is 10.1. The molecule has 0 N–H and O–H groups in total. The molecule has 0 bridgehead atoms. The predicted molar refractivity (Wildman–Crippen MR) is 85.8 cm³/mol. The van der Waals surface area contributed by atoms with Crippen molar-refractivity contribution in [2.45, 2.75) is 6.54 Å². The van der Waals surface area contributed by atoms with Crippen molar-refractivity contribution < 1.29 is 8.78 Å². The quantitative estimate of drug-likeness (QED) is 0.597. The molecule has 0 saturated carbocycles. The van der Waals surface area contributed by atoms with Gasteiger partial charge in [0.25, 0.3) is 0 Å². The van der Waals surface area contributed by atoms with Crippen molar-refractivity contribution in [1.29, 1.82) is 0 Å². The van der Waals surface area contributed by atoms with Crippen LogP contribution in [0.1, 0.15) is 5.56 Å². The standard InChI is InChI=1S/C16H11F2IN2/c17-14-6-1-11(9-15(14)18)10-21-8-7-20-16(21)12-2-4-13(19)5-3-12/h1-9H,10H2. The van der Waals surface area contributed by atoms with Crippen LogP contribution in [-0.2, 0) is 6.54 Å². The molecule has 0 aliphatic carbocycles. The number of hydrogen-bond donors (Lipinski definition) is 0. The van der Waals surface area contributed by atoms with Gasteiger partial charge < -0.3 is 4.57 Å². The van der Waals surface area contributed by atoms with Crippen LogP contribution in [0.4, 0.5) is 8.78 Å². The lowest BCUT2D eigenvalue weighted by Crippen LogP contribution is -2.02. The molecule has 3 aromatic rings. The van der Waals surface area contributed by atoms with Gasteiger partial charge in [-0.2, -0.15) is 0 Å². The summed E-state index contributed by atoms with van der Waals surface area (Å²) in [6.07, 6.45) is 3.53. The number of hydrogen-bond acceptors (Lipinski definition) is 1. The molecule has 1 heterocycles. The Morgan fingerprint density at radius 1 is 1.00 bits per heavy atom. The van der Waals surface area contributed by atoms with Crippen LogP contribution in [0.25, 0.3) is 11.4 Å². The lowest BCUT2D eigenvalue weighted by Gasteiger charge is -2.08. The average Bonchev–Trinajstić information content (AvgIpc) is 2.92. The number of halogens is 3. The zero-order chi connectivity index (χ0) is 14.8. The third kappa shape index (κ3) is 3.12. The normalized spacial score (nSPS) is 10.8. The molecule has 21 heavy (non-hydrogen) atoms. The summed E-state index contributed by atoms with van der Waals surface area (Å²) < 4.78 is 29.3. The van der Waals surface area contributed by atoms with E-state index in [1.54, 1.807) is 12.3 Å². The number of imidazole rings is 1. The van der Waals surface area contributed by atoms with E-state index in [2.05, 4.69) is 27.6 Å². The highest BCUT2D eigenvalue weighted by Crippen LogP contribution is 2.20. The third-order valence-corrected chi connectivity index (χ3v) is 3.87. The van der Waals surface area contributed by atoms with Gasteiger partial charge in [0, 0.05) is 28.1 Å². The van der Waals surface area contributed by atoms with Crippen LogP contribution in [0.3, 0.4) is 0 Å². The Hall–Kier alpha value is -1.76. The summed E-state index contributed by atoms with van der Waals surface area (Å²) in [6.45, 7) is 0.443. The van der Waals surface area contributed by atoms with Crippen LogP contribution < -0.4 is 0 Å². The minimum atomic E-state index is -0.831. The predicted octanol–water partition coefficient (Wildman–Crippen LogP) is 4.48. The van der Waals surface area contributed by atoms with Gasteiger partial charge in [-0.1, -0.05) is 18.2 Å². The smallest absolute Gasteiger partial charge is 0.159 e. The first kappa shape index (κ1) is 14.2. The van der Waals surface area contributed by atoms with Crippen molar-refractivity contribution in [2.75, 3.05) is 0 Å². The fourth-order valence-electron chi connectivity index (χ4n) is 2.13. The molecule has 0 spiro atoms. The van der Waals surface area contributed by atoms with Crippen LogP contribution in [0.5, 0.6) is 0 Å². The Balaban J connectivity index is 1.92. The molecule has 0 amide bonds. The Morgan fingerprint density at radius 2 is 1.76 bits per heavy atom. The fraction of sp³-hybridized carbons (Fsp3) is 0.0625. The lowest BCUT2D eigenvalue weighted by molar-refractivity contribution is 0.506. The number of rotatable bonds is 3. The van der Waals surface area contributed by atoms with Crippen LogP contribution >= 0.6 is 22.6 Å². The number of aromatic nitrogens is 2. The van der Waals surface area contributed by atoms with Gasteiger partial charge in [0.05, 0.1) is 0 Å². The van der Waals surface area contributed by atoms with Crippen LogP contribution in [-0.4, -0.2) is 9.55 Å². The van der Waals surface area contributed by atoms with E-state index < -0.39 is 11.6 Å². The first-order valence-electron chi connectivity index (χ1n) is 6.34. The third-order valence-electron chi connectivity index (χ3n) is 3.15. The number of benzene rings is 2. The Kier molecular flexibility index (Phi) is 4.01. The second kappa shape index (κ2) is 5.93. The summed E-state index contributed by atoms with van der Waals surface area (Å²) >= 11 is 2.24. The second-order valence-electron chi connectivity index (χ2n) is 4.63. The fourth-order valence-corrected chi connectivity index (χ4v) is 2.49. The van der Waals surface area contributed by atoms with E-state index in [0.717, 1.165) is 21.0 Å². The summed E-state index contributed by atoms with van der Waals surface area (Å²) in [7, 11) is 0. The van der Waals surface area contributed by atoms with E-state index in [4.69, 9.17) is 0 Å². The van der Waals surface area contributed by atoms with E-state index in [0.29, 0.717) is 12.1 Å². The van der Waals surface area contributed by atoms with E-state index in [9.17, 15) is 8.78 Å². The summed E-state index contributed by atoms with van der Waals surface area (Å²) in [5.41, 5.74) is 1.68. The van der Waals surface area contributed by atoms with Crippen molar-refractivity contribution in [3.05, 3.63) is 75.6 Å². The van der Waals surface area contributed by atoms with Gasteiger partial charge in [-0.3, -0.25) is 0 Å². The Bertz CT molecular complexity index is 766. The molecule has 0 aliphatic rings. The van der Waals surface area contributed by atoms with E-state index in [-0.39, 0.29) is 0 Å². The molecule has 0 fully saturated rings. The highest BCUT2D eigenvalue weighted by Gasteiger charge is 2.08. The summed E-state index contributed by atoms with van der Waals surface area (Å²) in [4.78, 5) is 4.34. The van der Waals surface area contributed by atoms with Crippen LogP contribution in [0.2, 0.25) is 0 Å². The minimum absolute atomic E-state index is 0.443. The van der Waals surface area contributed by atoms with Crippen molar-refractivity contribution in [2.24, 2.45) is 0 Å². The monoisotopic (exact) mass is 396 g/mol. The molecule has 0 unspecified atom stereocenters. The van der Waals surface area contributed by atoms with E-state index in [1.807, 2.05) is 35.0 Å². The molecule has 3 rings (SSSR count). The summed E-state index contributed by atoms with van der Waals surface area (Å²) in [5, 5.41) is 0. The van der Waals surface area contributed by atoms with Gasteiger partial charge >= 0.3 is 0 Å². The van der Waals surface area contributed by atoms with Gasteiger partial charge in [-0.25, -0.2) is 13.8 Å². The maximum absolute atomic E-state index is 13.3. The van der Waals surface area contributed by atoms with Crippen molar-refractivity contribution in [3.63, 3.8) is 0 Å². The van der Waals surface area contributed by atoms with Crippen molar-refractivity contribution >= 4 is 22.6 Å². The molecule has 106 valence electrons. The minimum Gasteiger partial charge on any atom is -0.327 e. The maximum Gasteiger partial charge on any atom is 0.159 e. The largest absolute Gasteiger partial charge is 0.327 e. The van der Waals surface area contributed by atoms with E-state index >= 15 is 0 Å². The maximum atomic E-state index is 13.3. The van der Waals surface area contributed by atoms with Gasteiger partial charge in [0.2, 0.25) is 0 Å². The van der Waals surface area contributed by atoms with Crippen molar-refractivity contribution in [1.82, 2.24) is 9.55 Å². The zero-order valence-corrected chi connectivity index (χ0v) is 13.1. The highest BCUT2D eigenvalue weighted by molar-refractivity contribution is 14.1. The van der Waals surface area contributed by atoms with Gasteiger partial charge in [-0.15, -0.1) is 0 Å². The van der Waals surface area contributed by atoms with Crippen molar-refractivity contribution in [3.8, 4) is 11.4 Å². The lowest BCUT2D eigenvalue weighted by atomic mass is 10.2. The average molecular weight is 396 g/mol. The first-order valence-corrected chi connectivity index (χ1v) is 7.42. The molecule has 2 aromatic carbocycles. The SMILES string of the molecule is Fc1ccc(Cn2ccnc2-c2ccc(I)cc2)cc1F. The topological polar surface area (TPSA) is 17.8 Å². The molecular formula is C16H11F2IN2. The highest BCUT2D eigenvalue weighted by atomic mass is 127.